The number of ether oxygens (including phenoxy) is 1. The summed E-state index contributed by atoms with van der Waals surface area (Å²) in [5, 5.41) is 2.33. The summed E-state index contributed by atoms with van der Waals surface area (Å²) in [6.07, 6.45) is 2.78. The van der Waals surface area contributed by atoms with Gasteiger partial charge in [-0.3, -0.25) is 19.7 Å². The van der Waals surface area contributed by atoms with E-state index >= 15 is 0 Å². The predicted molar refractivity (Wildman–Crippen MR) is 125 cm³/mol. The first-order valence-electron chi connectivity index (χ1n) is 11.9. The lowest BCUT2D eigenvalue weighted by atomic mass is 9.93. The zero-order valence-electron chi connectivity index (χ0n) is 20.0. The standard InChI is InChI=1S/C26H31N3O5/c1-26(2,3)34-25(33)28-14-12-17(13-15-28)6-4-7-18-8-5-9-19-20(18)16-29(24(19)32)21-10-11-22(30)27-23(21)31/h5,8-9,17,21H,6,10-16H2,1-3H3,(H,27,30,31). The van der Waals surface area contributed by atoms with Crippen LogP contribution >= 0.6 is 0 Å². The molecule has 1 unspecified atom stereocenters. The second-order valence-corrected chi connectivity index (χ2v) is 10.1. The summed E-state index contributed by atoms with van der Waals surface area (Å²) >= 11 is 0. The lowest BCUT2D eigenvalue weighted by Gasteiger charge is -2.32. The quantitative estimate of drug-likeness (QED) is 0.535. The molecule has 180 valence electrons. The largest absolute Gasteiger partial charge is 0.444 e. The Balaban J connectivity index is 1.36. The lowest BCUT2D eigenvalue weighted by Crippen LogP contribution is -2.52. The Labute approximate surface area is 200 Å². The molecule has 1 aromatic rings. The van der Waals surface area contributed by atoms with E-state index in [1.165, 1.54) is 0 Å². The van der Waals surface area contributed by atoms with Crippen molar-refractivity contribution in [2.75, 3.05) is 13.1 Å². The molecule has 8 heteroatoms. The maximum absolute atomic E-state index is 12.9. The molecule has 1 atom stereocenters. The zero-order valence-corrected chi connectivity index (χ0v) is 20.0. The molecule has 3 aliphatic heterocycles. The summed E-state index contributed by atoms with van der Waals surface area (Å²) in [7, 11) is 0. The van der Waals surface area contributed by atoms with Gasteiger partial charge in [0.1, 0.15) is 11.6 Å². The highest BCUT2D eigenvalue weighted by molar-refractivity contribution is 6.05. The molecule has 0 aliphatic carbocycles. The fourth-order valence-corrected chi connectivity index (χ4v) is 4.64. The number of hydrogen-bond acceptors (Lipinski definition) is 5. The van der Waals surface area contributed by atoms with E-state index in [0.717, 1.165) is 30.4 Å². The molecule has 0 aromatic heterocycles. The van der Waals surface area contributed by atoms with Gasteiger partial charge in [-0.05, 0) is 63.6 Å². The van der Waals surface area contributed by atoms with Crippen LogP contribution in [-0.4, -0.2) is 58.3 Å². The number of fused-ring (bicyclic) bond motifs is 1. The molecular formula is C26H31N3O5. The van der Waals surface area contributed by atoms with E-state index in [-0.39, 0.29) is 24.3 Å². The Hall–Kier alpha value is -3.34. The summed E-state index contributed by atoms with van der Waals surface area (Å²) in [6.45, 7) is 7.25. The molecule has 3 aliphatic rings. The van der Waals surface area contributed by atoms with Gasteiger partial charge in [0.05, 0.1) is 0 Å². The minimum atomic E-state index is -0.631. The number of rotatable bonds is 2. The predicted octanol–water partition coefficient (Wildman–Crippen LogP) is 2.84. The molecule has 2 saturated heterocycles. The van der Waals surface area contributed by atoms with Crippen molar-refractivity contribution in [1.82, 2.24) is 15.1 Å². The number of imide groups is 1. The zero-order chi connectivity index (χ0) is 24.5. The van der Waals surface area contributed by atoms with Gasteiger partial charge in [-0.25, -0.2) is 4.79 Å². The number of benzene rings is 1. The number of piperidine rings is 2. The molecule has 34 heavy (non-hydrogen) atoms. The number of amides is 4. The van der Waals surface area contributed by atoms with Crippen molar-refractivity contribution in [3.8, 4) is 11.8 Å². The molecule has 3 heterocycles. The molecule has 4 rings (SSSR count). The van der Waals surface area contributed by atoms with Crippen LogP contribution in [0.4, 0.5) is 4.79 Å². The third-order valence-corrected chi connectivity index (χ3v) is 6.46. The van der Waals surface area contributed by atoms with E-state index in [1.807, 2.05) is 32.9 Å². The Kier molecular flexibility index (Phi) is 6.65. The monoisotopic (exact) mass is 465 g/mol. The minimum absolute atomic E-state index is 0.192. The van der Waals surface area contributed by atoms with E-state index in [2.05, 4.69) is 17.2 Å². The van der Waals surface area contributed by atoms with Crippen molar-refractivity contribution in [3.63, 3.8) is 0 Å². The molecule has 0 radical (unpaired) electrons. The van der Waals surface area contributed by atoms with Gasteiger partial charge in [0.15, 0.2) is 0 Å². The summed E-state index contributed by atoms with van der Waals surface area (Å²) in [5.41, 5.74) is 1.71. The maximum atomic E-state index is 12.9. The molecule has 4 amide bonds. The van der Waals surface area contributed by atoms with Crippen molar-refractivity contribution in [2.24, 2.45) is 5.92 Å². The minimum Gasteiger partial charge on any atom is -0.444 e. The number of likely N-dealkylation sites (tertiary alicyclic amines) is 1. The molecular weight excluding hydrogens is 434 g/mol. The van der Waals surface area contributed by atoms with Crippen LogP contribution in [0.1, 0.15) is 74.4 Å². The van der Waals surface area contributed by atoms with Crippen LogP contribution in [0.25, 0.3) is 0 Å². The van der Waals surface area contributed by atoms with E-state index in [1.54, 1.807) is 15.9 Å². The summed E-state index contributed by atoms with van der Waals surface area (Å²) in [4.78, 5) is 52.2. The average Bonchev–Trinajstić information content (AvgIpc) is 3.10. The van der Waals surface area contributed by atoms with E-state index < -0.39 is 17.6 Å². The molecule has 0 bridgehead atoms. The fraction of sp³-hybridized carbons (Fsp3) is 0.538. The highest BCUT2D eigenvalue weighted by atomic mass is 16.6. The molecule has 0 spiro atoms. The third kappa shape index (κ3) is 5.24. The summed E-state index contributed by atoms with van der Waals surface area (Å²) in [6, 6.07) is 4.85. The molecule has 2 fully saturated rings. The van der Waals surface area contributed by atoms with Gasteiger partial charge < -0.3 is 14.5 Å². The summed E-state index contributed by atoms with van der Waals surface area (Å²) < 4.78 is 5.45. The van der Waals surface area contributed by atoms with E-state index in [4.69, 9.17) is 4.74 Å². The second kappa shape index (κ2) is 9.49. The number of nitrogens with one attached hydrogen (secondary N) is 1. The normalized spacial score (nSPS) is 21.0. The average molecular weight is 466 g/mol. The van der Waals surface area contributed by atoms with Crippen LogP contribution in [0.3, 0.4) is 0 Å². The Bertz CT molecular complexity index is 1070. The van der Waals surface area contributed by atoms with Gasteiger partial charge in [-0.2, -0.15) is 0 Å². The van der Waals surface area contributed by atoms with Crippen LogP contribution < -0.4 is 5.32 Å². The van der Waals surface area contributed by atoms with Gasteiger partial charge in [-0.15, -0.1) is 0 Å². The van der Waals surface area contributed by atoms with Gasteiger partial charge in [0, 0.05) is 43.6 Å². The maximum Gasteiger partial charge on any atom is 0.410 e. The number of carbonyl (C=O) groups is 4. The summed E-state index contributed by atoms with van der Waals surface area (Å²) in [5.74, 6) is 6.00. The van der Waals surface area contributed by atoms with Gasteiger partial charge in [0.2, 0.25) is 11.8 Å². The van der Waals surface area contributed by atoms with Crippen molar-refractivity contribution < 1.29 is 23.9 Å². The van der Waals surface area contributed by atoms with Crippen LogP contribution in [0.2, 0.25) is 0 Å². The van der Waals surface area contributed by atoms with E-state index in [9.17, 15) is 19.2 Å². The number of carbonyl (C=O) groups excluding carboxylic acids is 4. The first-order chi connectivity index (χ1) is 16.1. The highest BCUT2D eigenvalue weighted by Crippen LogP contribution is 2.29. The van der Waals surface area contributed by atoms with Crippen LogP contribution in [0.15, 0.2) is 18.2 Å². The lowest BCUT2D eigenvalue weighted by molar-refractivity contribution is -0.136. The van der Waals surface area contributed by atoms with Crippen LogP contribution in [0, 0.1) is 17.8 Å². The molecule has 1 N–H and O–H groups in total. The fourth-order valence-electron chi connectivity index (χ4n) is 4.64. The molecule has 8 nitrogen and oxygen atoms in total. The van der Waals surface area contributed by atoms with Crippen molar-refractivity contribution in [3.05, 3.63) is 34.9 Å². The van der Waals surface area contributed by atoms with Gasteiger partial charge in [0.25, 0.3) is 5.91 Å². The third-order valence-electron chi connectivity index (χ3n) is 6.46. The molecule has 0 saturated carbocycles. The second-order valence-electron chi connectivity index (χ2n) is 10.1. The first kappa shape index (κ1) is 23.8. The van der Waals surface area contributed by atoms with Crippen LogP contribution in [0.5, 0.6) is 0 Å². The van der Waals surface area contributed by atoms with Gasteiger partial charge in [-0.1, -0.05) is 17.9 Å². The Morgan fingerprint density at radius 3 is 2.56 bits per heavy atom. The van der Waals surface area contributed by atoms with Crippen molar-refractivity contribution in [2.45, 2.75) is 71.1 Å². The van der Waals surface area contributed by atoms with E-state index in [0.29, 0.717) is 37.5 Å². The van der Waals surface area contributed by atoms with Crippen molar-refractivity contribution >= 4 is 23.8 Å². The number of hydrogen-bond donors (Lipinski definition) is 1. The topological polar surface area (TPSA) is 96.0 Å². The smallest absolute Gasteiger partial charge is 0.410 e. The SMILES string of the molecule is CC(C)(C)OC(=O)N1CCC(CC#Cc2cccc3c2CN(C2CCC(=O)NC2=O)C3=O)CC1. The number of nitrogens with zero attached hydrogens (tertiary/aromatic N) is 2. The Morgan fingerprint density at radius 1 is 1.15 bits per heavy atom. The highest BCUT2D eigenvalue weighted by Gasteiger charge is 2.39. The van der Waals surface area contributed by atoms with Gasteiger partial charge >= 0.3 is 6.09 Å². The first-order valence-corrected chi connectivity index (χ1v) is 11.9. The van der Waals surface area contributed by atoms with Crippen molar-refractivity contribution in [1.29, 1.82) is 0 Å². The van der Waals surface area contributed by atoms with Crippen LogP contribution in [-0.2, 0) is 20.9 Å². The molecule has 1 aromatic carbocycles. The Morgan fingerprint density at radius 2 is 1.88 bits per heavy atom.